The molecule has 1 heterocycles. The number of benzene rings is 2. The topological polar surface area (TPSA) is 53.1 Å². The zero-order valence-corrected chi connectivity index (χ0v) is 19.0. The smallest absolute Gasteiger partial charge is 0.225 e. The Hall–Kier alpha value is -2.87. The zero-order chi connectivity index (χ0) is 23.4. The van der Waals surface area contributed by atoms with Crippen LogP contribution in [0, 0.1) is 23.4 Å². The summed E-state index contributed by atoms with van der Waals surface area (Å²) < 4.78 is 40.1. The lowest BCUT2D eigenvalue weighted by molar-refractivity contribution is 0.324. The van der Waals surface area contributed by atoms with Gasteiger partial charge in [-0.2, -0.15) is 4.98 Å². The second-order valence-electron chi connectivity index (χ2n) is 8.93. The molecule has 1 aromatic heterocycles. The van der Waals surface area contributed by atoms with Crippen LogP contribution in [0.25, 0.3) is 10.9 Å². The van der Waals surface area contributed by atoms with Crippen molar-refractivity contribution >= 4 is 22.7 Å². The highest BCUT2D eigenvalue weighted by Gasteiger charge is 2.22. The number of anilines is 2. The number of para-hydroxylation sites is 1. The lowest BCUT2D eigenvalue weighted by atomic mass is 9.86. The number of rotatable bonds is 8. The molecule has 0 amide bonds. The van der Waals surface area contributed by atoms with Crippen molar-refractivity contribution in [3.05, 3.63) is 59.4 Å². The minimum atomic E-state index is -1.40. The normalized spacial score (nSPS) is 18.5. The molecule has 0 spiro atoms. The van der Waals surface area contributed by atoms with Gasteiger partial charge in [0.25, 0.3) is 0 Å². The average Bonchev–Trinajstić information content (AvgIpc) is 2.82. The Kier molecular flexibility index (Phi) is 7.33. The number of hydrogen-bond donors (Lipinski definition) is 2. The van der Waals surface area contributed by atoms with Crippen molar-refractivity contribution in [1.82, 2.24) is 15.3 Å². The van der Waals surface area contributed by atoms with Gasteiger partial charge in [-0.25, -0.2) is 18.2 Å². The van der Waals surface area contributed by atoms with E-state index in [4.69, 9.17) is 9.97 Å². The predicted octanol–water partition coefficient (Wildman–Crippen LogP) is 4.92. The van der Waals surface area contributed by atoms with Crippen LogP contribution in [0.4, 0.5) is 24.9 Å². The van der Waals surface area contributed by atoms with Crippen LogP contribution < -0.4 is 15.5 Å². The van der Waals surface area contributed by atoms with Gasteiger partial charge in [-0.15, -0.1) is 0 Å². The van der Waals surface area contributed by atoms with Crippen LogP contribution in [0.15, 0.2) is 36.4 Å². The van der Waals surface area contributed by atoms with E-state index < -0.39 is 17.5 Å². The molecule has 8 heteroatoms. The van der Waals surface area contributed by atoms with Crippen molar-refractivity contribution in [2.24, 2.45) is 5.92 Å². The second kappa shape index (κ2) is 10.4. The molecule has 176 valence electrons. The lowest BCUT2D eigenvalue weighted by Crippen LogP contribution is -2.32. The Morgan fingerprint density at radius 2 is 1.70 bits per heavy atom. The number of nitrogens with zero attached hydrogens (tertiary/aromatic N) is 3. The van der Waals surface area contributed by atoms with Crippen molar-refractivity contribution in [2.75, 3.05) is 37.4 Å². The summed E-state index contributed by atoms with van der Waals surface area (Å²) in [5.74, 6) is -1.54. The van der Waals surface area contributed by atoms with Gasteiger partial charge >= 0.3 is 0 Å². The second-order valence-corrected chi connectivity index (χ2v) is 8.93. The molecule has 0 unspecified atom stereocenters. The molecule has 1 aliphatic rings. The number of hydrogen-bond acceptors (Lipinski definition) is 5. The highest BCUT2D eigenvalue weighted by atomic mass is 19.2. The van der Waals surface area contributed by atoms with Crippen molar-refractivity contribution in [1.29, 1.82) is 0 Å². The van der Waals surface area contributed by atoms with E-state index in [1.807, 2.05) is 43.3 Å². The third kappa shape index (κ3) is 5.55. The molecule has 5 nitrogen and oxygen atoms in total. The van der Waals surface area contributed by atoms with Gasteiger partial charge in [0.05, 0.1) is 5.52 Å². The van der Waals surface area contributed by atoms with Crippen molar-refractivity contribution < 1.29 is 13.2 Å². The minimum Gasteiger partial charge on any atom is -0.362 e. The summed E-state index contributed by atoms with van der Waals surface area (Å²) in [6, 6.07) is 10.6. The summed E-state index contributed by atoms with van der Waals surface area (Å²) in [5.41, 5.74) is 1.12. The van der Waals surface area contributed by atoms with E-state index in [2.05, 4.69) is 10.6 Å². The maximum absolute atomic E-state index is 13.8. The van der Waals surface area contributed by atoms with Crippen molar-refractivity contribution in [2.45, 2.75) is 38.1 Å². The molecule has 0 aliphatic heterocycles. The van der Waals surface area contributed by atoms with Gasteiger partial charge in [0.2, 0.25) is 5.95 Å². The van der Waals surface area contributed by atoms with Crippen LogP contribution in [0.5, 0.6) is 0 Å². The average molecular weight is 458 g/mol. The first-order valence-electron chi connectivity index (χ1n) is 11.5. The summed E-state index contributed by atoms with van der Waals surface area (Å²) in [7, 11) is 3.97. The summed E-state index contributed by atoms with van der Waals surface area (Å²) in [5, 5.41) is 7.89. The van der Waals surface area contributed by atoms with Crippen LogP contribution in [0.1, 0.15) is 31.2 Å². The Bertz CT molecular complexity index is 1100. The molecule has 1 aliphatic carbocycles. The van der Waals surface area contributed by atoms with Gasteiger partial charge in [0, 0.05) is 25.5 Å². The molecule has 0 atom stereocenters. The van der Waals surface area contributed by atoms with E-state index in [1.165, 1.54) is 6.07 Å². The molecule has 0 bridgehead atoms. The Balaban J connectivity index is 1.25. The van der Waals surface area contributed by atoms with Gasteiger partial charge in [0.15, 0.2) is 17.5 Å². The molecule has 1 saturated carbocycles. The van der Waals surface area contributed by atoms with Gasteiger partial charge in [-0.1, -0.05) is 18.2 Å². The van der Waals surface area contributed by atoms with E-state index in [0.29, 0.717) is 30.9 Å². The van der Waals surface area contributed by atoms with Gasteiger partial charge < -0.3 is 15.5 Å². The van der Waals surface area contributed by atoms with Gasteiger partial charge in [-0.05, 0) is 74.9 Å². The van der Waals surface area contributed by atoms with Crippen LogP contribution in [0.2, 0.25) is 0 Å². The zero-order valence-electron chi connectivity index (χ0n) is 19.0. The van der Waals surface area contributed by atoms with Crippen LogP contribution in [0.3, 0.4) is 0 Å². The van der Waals surface area contributed by atoms with Crippen molar-refractivity contribution in [3.63, 3.8) is 0 Å². The predicted molar refractivity (Wildman–Crippen MR) is 126 cm³/mol. The molecule has 33 heavy (non-hydrogen) atoms. The quantitative estimate of drug-likeness (QED) is 0.372. The van der Waals surface area contributed by atoms with Crippen LogP contribution >= 0.6 is 0 Å². The molecule has 2 N–H and O–H groups in total. The lowest BCUT2D eigenvalue weighted by Gasteiger charge is -2.29. The number of nitrogens with one attached hydrogen (secondary N) is 2. The summed E-state index contributed by atoms with van der Waals surface area (Å²) in [6.45, 7) is 1.35. The third-order valence-electron chi connectivity index (χ3n) is 6.31. The largest absolute Gasteiger partial charge is 0.362 e. The number of halogens is 3. The molecule has 0 radical (unpaired) electrons. The highest BCUT2D eigenvalue weighted by molar-refractivity contribution is 5.90. The van der Waals surface area contributed by atoms with E-state index in [0.717, 1.165) is 55.0 Å². The molecule has 2 aromatic carbocycles. The first kappa shape index (κ1) is 23.3. The Labute approximate surface area is 192 Å². The Morgan fingerprint density at radius 1 is 0.939 bits per heavy atom. The summed E-state index contributed by atoms with van der Waals surface area (Å²) in [6.07, 6.45) is 4.51. The molecular weight excluding hydrogens is 427 g/mol. The fourth-order valence-electron chi connectivity index (χ4n) is 4.45. The van der Waals surface area contributed by atoms with E-state index in [9.17, 15) is 13.2 Å². The van der Waals surface area contributed by atoms with E-state index >= 15 is 0 Å². The highest BCUT2D eigenvalue weighted by Crippen LogP contribution is 2.28. The molecule has 0 saturated heterocycles. The molecular formula is C25H30F3N5. The monoisotopic (exact) mass is 457 g/mol. The van der Waals surface area contributed by atoms with E-state index in [-0.39, 0.29) is 5.56 Å². The van der Waals surface area contributed by atoms with Crippen LogP contribution in [-0.4, -0.2) is 43.2 Å². The van der Waals surface area contributed by atoms with Crippen LogP contribution in [-0.2, 0) is 6.42 Å². The first-order valence-corrected chi connectivity index (χ1v) is 11.5. The maximum atomic E-state index is 13.8. The summed E-state index contributed by atoms with van der Waals surface area (Å²) >= 11 is 0. The number of fused-ring (bicyclic) bond motifs is 1. The molecule has 1 fully saturated rings. The first-order chi connectivity index (χ1) is 15.9. The van der Waals surface area contributed by atoms with E-state index in [1.54, 1.807) is 0 Å². The Morgan fingerprint density at radius 3 is 2.45 bits per heavy atom. The van der Waals surface area contributed by atoms with Gasteiger partial charge in [-0.3, -0.25) is 0 Å². The molecule has 3 aromatic rings. The van der Waals surface area contributed by atoms with Gasteiger partial charge in [0.1, 0.15) is 5.82 Å². The standard InChI is InChI=1S/C25H30F3N5/c1-33(2)24-19-5-3-4-6-21(19)31-25(32-24)30-18-10-7-16(8-11-18)15-29-14-13-17-9-12-20(26)23(28)22(17)27/h3-6,9,12,16,18,29H,7-8,10-11,13-15H2,1-2H3,(H,30,31,32)/t16-,18+. The SMILES string of the molecule is CN(C)c1nc(N[C@H]2CC[C@@H](CNCCc3ccc(F)c(F)c3F)CC2)nc2ccccc12. The summed E-state index contributed by atoms with van der Waals surface area (Å²) in [4.78, 5) is 11.4. The fourth-order valence-corrected chi connectivity index (χ4v) is 4.45. The third-order valence-corrected chi connectivity index (χ3v) is 6.31. The fraction of sp³-hybridized carbons (Fsp3) is 0.440. The minimum absolute atomic E-state index is 0.196. The maximum Gasteiger partial charge on any atom is 0.225 e. The number of aromatic nitrogens is 2. The molecule has 4 rings (SSSR count). The van der Waals surface area contributed by atoms with Crippen molar-refractivity contribution in [3.8, 4) is 0 Å².